The van der Waals surface area contributed by atoms with Gasteiger partial charge in [-0.1, -0.05) is 0 Å². The van der Waals surface area contributed by atoms with Gasteiger partial charge in [0, 0.05) is 26.1 Å². The van der Waals surface area contributed by atoms with E-state index in [0.717, 1.165) is 6.54 Å². The van der Waals surface area contributed by atoms with E-state index in [1.54, 1.807) is 6.92 Å². The molecule has 0 aromatic rings. The summed E-state index contributed by atoms with van der Waals surface area (Å²) in [7, 11) is 2.20. The molecule has 0 spiro atoms. The van der Waals surface area contributed by atoms with Gasteiger partial charge in [0.1, 0.15) is 0 Å². The van der Waals surface area contributed by atoms with E-state index in [2.05, 4.69) is 16.8 Å². The number of amides is 1. The van der Waals surface area contributed by atoms with Gasteiger partial charge in [-0.15, -0.1) is 0 Å². The van der Waals surface area contributed by atoms with Crippen molar-refractivity contribution in [3.8, 4) is 0 Å². The molecule has 0 aromatic carbocycles. The van der Waals surface area contributed by atoms with Gasteiger partial charge in [0.15, 0.2) is 0 Å². The summed E-state index contributed by atoms with van der Waals surface area (Å²) >= 11 is 0. The summed E-state index contributed by atoms with van der Waals surface area (Å²) in [4.78, 5) is 16.2. The second-order valence-electron chi connectivity index (χ2n) is 5.44. The van der Waals surface area contributed by atoms with E-state index in [4.69, 9.17) is 0 Å². The van der Waals surface area contributed by atoms with Crippen LogP contribution in [0.1, 0.15) is 39.0 Å². The number of rotatable bonds is 1. The van der Waals surface area contributed by atoms with Gasteiger partial charge in [0.25, 0.3) is 0 Å². The van der Waals surface area contributed by atoms with Crippen LogP contribution in [0, 0.1) is 5.92 Å². The number of carbonyl (C=O) groups is 1. The monoisotopic (exact) mass is 224 g/mol. The first-order valence-electron chi connectivity index (χ1n) is 6.64. The van der Waals surface area contributed by atoms with Crippen LogP contribution in [0.3, 0.4) is 0 Å². The van der Waals surface area contributed by atoms with Crippen LogP contribution in [-0.2, 0) is 4.79 Å². The fraction of sp³-hybridized carbons (Fsp3) is 0.923. The van der Waals surface area contributed by atoms with Crippen LogP contribution in [0.4, 0.5) is 0 Å². The number of likely N-dealkylation sites (tertiary alicyclic amines) is 2. The summed E-state index contributed by atoms with van der Waals surface area (Å²) in [6.45, 7) is 5.11. The first-order chi connectivity index (χ1) is 7.68. The largest absolute Gasteiger partial charge is 0.340 e. The molecule has 0 aromatic heterocycles. The first kappa shape index (κ1) is 11.9. The van der Waals surface area contributed by atoms with Crippen LogP contribution in [-0.4, -0.2) is 48.4 Å². The smallest absolute Gasteiger partial charge is 0.219 e. The third kappa shape index (κ3) is 2.57. The lowest BCUT2D eigenvalue weighted by Crippen LogP contribution is -2.50. The van der Waals surface area contributed by atoms with Crippen LogP contribution in [0.5, 0.6) is 0 Å². The Hall–Kier alpha value is -0.570. The van der Waals surface area contributed by atoms with Crippen molar-refractivity contribution < 1.29 is 4.79 Å². The summed E-state index contributed by atoms with van der Waals surface area (Å²) in [5, 5.41) is 0. The second-order valence-corrected chi connectivity index (χ2v) is 5.44. The van der Waals surface area contributed by atoms with Crippen molar-refractivity contribution in [2.24, 2.45) is 5.92 Å². The molecule has 3 nitrogen and oxygen atoms in total. The molecule has 0 aliphatic carbocycles. The minimum atomic E-state index is 0.276. The summed E-state index contributed by atoms with van der Waals surface area (Å²) < 4.78 is 0. The molecule has 3 heteroatoms. The minimum absolute atomic E-state index is 0.276. The zero-order chi connectivity index (χ0) is 11.5. The zero-order valence-corrected chi connectivity index (χ0v) is 10.6. The molecule has 2 unspecified atom stereocenters. The van der Waals surface area contributed by atoms with Gasteiger partial charge in [-0.3, -0.25) is 4.79 Å². The molecule has 2 aliphatic rings. The topological polar surface area (TPSA) is 23.6 Å². The SMILES string of the molecule is CC(=O)N1CCCCC1C1CCCN(C)C1. The predicted molar refractivity (Wildman–Crippen MR) is 65.2 cm³/mol. The molecule has 2 fully saturated rings. The van der Waals surface area contributed by atoms with Crippen LogP contribution >= 0.6 is 0 Å². The second kappa shape index (κ2) is 5.17. The number of hydrogen-bond donors (Lipinski definition) is 0. The average Bonchev–Trinajstić information content (AvgIpc) is 2.29. The van der Waals surface area contributed by atoms with Crippen molar-refractivity contribution in [3.63, 3.8) is 0 Å². The molecule has 92 valence electrons. The lowest BCUT2D eigenvalue weighted by atomic mass is 9.85. The lowest BCUT2D eigenvalue weighted by Gasteiger charge is -2.43. The van der Waals surface area contributed by atoms with E-state index in [0.29, 0.717) is 12.0 Å². The van der Waals surface area contributed by atoms with E-state index in [-0.39, 0.29) is 5.91 Å². The van der Waals surface area contributed by atoms with Crippen LogP contribution in [0.2, 0.25) is 0 Å². The van der Waals surface area contributed by atoms with Crippen molar-refractivity contribution in [1.82, 2.24) is 9.80 Å². The Balaban J connectivity index is 2.01. The molecule has 0 saturated carbocycles. The molecule has 1 amide bonds. The third-order valence-corrected chi connectivity index (χ3v) is 4.16. The molecule has 2 aliphatic heterocycles. The molecule has 0 radical (unpaired) electrons. The van der Waals surface area contributed by atoms with Crippen molar-refractivity contribution >= 4 is 5.91 Å². The Kier molecular flexibility index (Phi) is 3.85. The summed E-state index contributed by atoms with van der Waals surface area (Å²) in [5.74, 6) is 0.987. The Morgan fingerprint density at radius 3 is 2.62 bits per heavy atom. The molecule has 0 N–H and O–H groups in total. The van der Waals surface area contributed by atoms with E-state index in [9.17, 15) is 4.79 Å². The Labute approximate surface area is 98.8 Å². The highest BCUT2D eigenvalue weighted by molar-refractivity contribution is 5.73. The van der Waals surface area contributed by atoms with Crippen molar-refractivity contribution in [1.29, 1.82) is 0 Å². The molecule has 2 rings (SSSR count). The first-order valence-corrected chi connectivity index (χ1v) is 6.64. The standard InChI is InChI=1S/C13H24N2O/c1-11(16)15-9-4-3-7-13(15)12-6-5-8-14(2)10-12/h12-13H,3-10H2,1-2H3. The van der Waals surface area contributed by atoms with E-state index >= 15 is 0 Å². The van der Waals surface area contributed by atoms with E-state index in [1.807, 2.05) is 0 Å². The fourth-order valence-electron chi connectivity index (χ4n) is 3.36. The Bertz CT molecular complexity index is 254. The maximum absolute atomic E-state index is 11.6. The van der Waals surface area contributed by atoms with Crippen LogP contribution < -0.4 is 0 Å². The van der Waals surface area contributed by atoms with Gasteiger partial charge in [0.2, 0.25) is 5.91 Å². The molecule has 0 bridgehead atoms. The summed E-state index contributed by atoms with van der Waals surface area (Å²) in [6.07, 6.45) is 6.31. The highest BCUT2D eigenvalue weighted by atomic mass is 16.2. The van der Waals surface area contributed by atoms with Gasteiger partial charge >= 0.3 is 0 Å². The van der Waals surface area contributed by atoms with E-state index < -0.39 is 0 Å². The molecule has 2 heterocycles. The highest BCUT2D eigenvalue weighted by Crippen LogP contribution is 2.29. The Morgan fingerprint density at radius 2 is 1.94 bits per heavy atom. The summed E-state index contributed by atoms with van der Waals surface area (Å²) in [6, 6.07) is 0.522. The quantitative estimate of drug-likeness (QED) is 0.677. The third-order valence-electron chi connectivity index (χ3n) is 4.16. The number of carbonyl (C=O) groups excluding carboxylic acids is 1. The average molecular weight is 224 g/mol. The highest BCUT2D eigenvalue weighted by Gasteiger charge is 2.33. The predicted octanol–water partition coefficient (Wildman–Crippen LogP) is 1.73. The van der Waals surface area contributed by atoms with E-state index in [1.165, 1.54) is 45.2 Å². The number of piperidine rings is 2. The normalized spacial score (nSPS) is 32.8. The zero-order valence-electron chi connectivity index (χ0n) is 10.6. The van der Waals surface area contributed by atoms with Crippen LogP contribution in [0.15, 0.2) is 0 Å². The molecule has 2 atom stereocenters. The van der Waals surface area contributed by atoms with Gasteiger partial charge in [0.05, 0.1) is 0 Å². The van der Waals surface area contributed by atoms with Gasteiger partial charge in [-0.2, -0.15) is 0 Å². The maximum Gasteiger partial charge on any atom is 0.219 e. The van der Waals surface area contributed by atoms with Crippen molar-refractivity contribution in [2.75, 3.05) is 26.7 Å². The maximum atomic E-state index is 11.6. The number of nitrogens with zero attached hydrogens (tertiary/aromatic N) is 2. The van der Waals surface area contributed by atoms with Crippen molar-refractivity contribution in [2.45, 2.75) is 45.1 Å². The lowest BCUT2D eigenvalue weighted by molar-refractivity contribution is -0.134. The molecule has 2 saturated heterocycles. The summed E-state index contributed by atoms with van der Waals surface area (Å²) in [5.41, 5.74) is 0. The minimum Gasteiger partial charge on any atom is -0.340 e. The van der Waals surface area contributed by atoms with Gasteiger partial charge < -0.3 is 9.80 Å². The number of hydrogen-bond acceptors (Lipinski definition) is 2. The molecular formula is C13H24N2O. The van der Waals surface area contributed by atoms with Crippen molar-refractivity contribution in [3.05, 3.63) is 0 Å². The fourth-order valence-corrected chi connectivity index (χ4v) is 3.36. The molecular weight excluding hydrogens is 200 g/mol. The van der Waals surface area contributed by atoms with Gasteiger partial charge in [-0.25, -0.2) is 0 Å². The van der Waals surface area contributed by atoms with Crippen LogP contribution in [0.25, 0.3) is 0 Å². The molecule has 16 heavy (non-hydrogen) atoms. The Morgan fingerprint density at radius 1 is 1.12 bits per heavy atom. The van der Waals surface area contributed by atoms with Gasteiger partial charge in [-0.05, 0) is 51.6 Å².